The minimum Gasteiger partial charge on any atom is -0.453 e. The summed E-state index contributed by atoms with van der Waals surface area (Å²) in [6, 6.07) is 1.93. The predicted octanol–water partition coefficient (Wildman–Crippen LogP) is 3.66. The SMILES string of the molecule is COC(=O)N1CC[C@@H](c2nc3c(F)cc(-c4nc(N[C@H]5[C@H](O)[C@@H]6CO[C@@H](O6)[C@H]5F)ncc4Cl)cc3n2C(C)C)C1. The maximum atomic E-state index is 15.6. The lowest BCUT2D eigenvalue weighted by molar-refractivity contribution is -0.164. The van der Waals surface area contributed by atoms with Crippen molar-refractivity contribution in [3.63, 3.8) is 0 Å². The van der Waals surface area contributed by atoms with E-state index in [1.165, 1.54) is 19.4 Å². The number of nitrogens with zero attached hydrogens (tertiary/aromatic N) is 5. The average molecular weight is 579 g/mol. The topological polar surface area (TPSA) is 124 Å². The fourth-order valence-corrected chi connectivity index (χ4v) is 5.93. The molecule has 6 atom stereocenters. The fraction of sp³-hybridized carbons (Fsp3) is 0.538. The molecular weight excluding hydrogens is 550 g/mol. The van der Waals surface area contributed by atoms with E-state index in [4.69, 9.17) is 25.8 Å². The number of fused-ring (bicyclic) bond motifs is 3. The molecule has 6 rings (SSSR count). The number of carbonyl (C=O) groups is 1. The molecule has 3 aliphatic rings. The lowest BCUT2D eigenvalue weighted by atomic mass is 9.99. The number of ether oxygens (including phenoxy) is 3. The summed E-state index contributed by atoms with van der Waals surface area (Å²) in [5, 5.41) is 13.5. The summed E-state index contributed by atoms with van der Waals surface area (Å²) < 4.78 is 47.9. The molecule has 14 heteroatoms. The van der Waals surface area contributed by atoms with E-state index >= 15 is 4.39 Å². The molecule has 1 aromatic carbocycles. The fourth-order valence-electron chi connectivity index (χ4n) is 5.73. The Kier molecular flexibility index (Phi) is 7.01. The van der Waals surface area contributed by atoms with Crippen LogP contribution < -0.4 is 5.32 Å². The Hall–Kier alpha value is -3.13. The highest BCUT2D eigenvalue weighted by molar-refractivity contribution is 6.33. The van der Waals surface area contributed by atoms with E-state index in [1.807, 2.05) is 18.4 Å². The number of imidazole rings is 1. The number of hydrogen-bond acceptors (Lipinski definition) is 9. The van der Waals surface area contributed by atoms with Gasteiger partial charge >= 0.3 is 6.09 Å². The first-order chi connectivity index (χ1) is 19.2. The number of hydrogen-bond donors (Lipinski definition) is 2. The number of benzene rings is 1. The van der Waals surface area contributed by atoms with Crippen molar-refractivity contribution in [3.05, 3.63) is 35.0 Å². The number of alkyl halides is 1. The molecule has 1 amide bonds. The molecule has 5 heterocycles. The molecule has 0 unspecified atom stereocenters. The van der Waals surface area contributed by atoms with Crippen LogP contribution in [0.3, 0.4) is 0 Å². The lowest BCUT2D eigenvalue weighted by Gasteiger charge is -2.34. The zero-order valence-corrected chi connectivity index (χ0v) is 22.8. The maximum Gasteiger partial charge on any atom is 0.409 e. The quantitative estimate of drug-likeness (QED) is 0.467. The number of halogens is 3. The van der Waals surface area contributed by atoms with Gasteiger partial charge in [0, 0.05) is 30.6 Å². The molecule has 0 saturated carbocycles. The number of aliphatic hydroxyl groups excluding tert-OH is 1. The minimum absolute atomic E-state index is 0.0137. The average Bonchev–Trinajstić information content (AvgIpc) is 3.68. The Bertz CT molecular complexity index is 1440. The summed E-state index contributed by atoms with van der Waals surface area (Å²) in [6.07, 6.45) is -2.99. The van der Waals surface area contributed by atoms with Crippen LogP contribution in [0.5, 0.6) is 0 Å². The van der Waals surface area contributed by atoms with Crippen molar-refractivity contribution < 1.29 is 32.9 Å². The van der Waals surface area contributed by atoms with E-state index in [0.717, 1.165) is 0 Å². The van der Waals surface area contributed by atoms with Gasteiger partial charge < -0.3 is 34.1 Å². The summed E-state index contributed by atoms with van der Waals surface area (Å²) >= 11 is 6.45. The second kappa shape index (κ2) is 10.4. The number of rotatable bonds is 5. The van der Waals surface area contributed by atoms with Gasteiger partial charge in [0.25, 0.3) is 0 Å². The van der Waals surface area contributed by atoms with Gasteiger partial charge in [-0.3, -0.25) is 0 Å². The number of amides is 1. The molecule has 2 bridgehead atoms. The van der Waals surface area contributed by atoms with E-state index in [2.05, 4.69) is 20.3 Å². The Morgan fingerprint density at radius 1 is 1.32 bits per heavy atom. The van der Waals surface area contributed by atoms with Crippen molar-refractivity contribution >= 4 is 34.7 Å². The molecule has 3 saturated heterocycles. The van der Waals surface area contributed by atoms with Gasteiger partial charge in [0.15, 0.2) is 18.3 Å². The van der Waals surface area contributed by atoms with Crippen LogP contribution in [0, 0.1) is 5.82 Å². The number of anilines is 1. The van der Waals surface area contributed by atoms with E-state index in [9.17, 15) is 14.3 Å². The van der Waals surface area contributed by atoms with Crippen molar-refractivity contribution in [2.24, 2.45) is 0 Å². The predicted molar refractivity (Wildman–Crippen MR) is 140 cm³/mol. The molecule has 3 aliphatic heterocycles. The molecule has 0 radical (unpaired) electrons. The van der Waals surface area contributed by atoms with Gasteiger partial charge in [-0.05, 0) is 32.4 Å². The summed E-state index contributed by atoms with van der Waals surface area (Å²) in [7, 11) is 1.34. The van der Waals surface area contributed by atoms with Crippen LogP contribution in [0.2, 0.25) is 5.02 Å². The van der Waals surface area contributed by atoms with Gasteiger partial charge in [0.1, 0.15) is 23.5 Å². The van der Waals surface area contributed by atoms with Crippen LogP contribution >= 0.6 is 11.6 Å². The Morgan fingerprint density at radius 3 is 2.88 bits per heavy atom. The molecule has 0 aliphatic carbocycles. The molecule has 3 fully saturated rings. The molecule has 2 N–H and O–H groups in total. The van der Waals surface area contributed by atoms with Crippen LogP contribution in [0.1, 0.15) is 38.1 Å². The van der Waals surface area contributed by atoms with Crippen LogP contribution in [0.4, 0.5) is 19.5 Å². The number of aliphatic hydroxyl groups is 1. The maximum absolute atomic E-state index is 15.6. The third-order valence-corrected chi connectivity index (χ3v) is 7.95. The molecule has 40 heavy (non-hydrogen) atoms. The normalized spacial score (nSPS) is 28.1. The van der Waals surface area contributed by atoms with Crippen molar-refractivity contribution in [1.82, 2.24) is 24.4 Å². The van der Waals surface area contributed by atoms with Crippen molar-refractivity contribution in [3.8, 4) is 11.3 Å². The van der Waals surface area contributed by atoms with E-state index in [1.54, 1.807) is 11.0 Å². The number of nitrogens with one attached hydrogen (secondary N) is 1. The third-order valence-electron chi connectivity index (χ3n) is 7.68. The smallest absolute Gasteiger partial charge is 0.409 e. The highest BCUT2D eigenvalue weighted by Crippen LogP contribution is 2.37. The molecular formula is C26H29ClF2N6O5. The summed E-state index contributed by atoms with van der Waals surface area (Å²) in [5.74, 6) is 0.0503. The standard InChI is InChI=1S/C26H29ClF2N6O5/c1-11(2)35-16-7-13(6-15(28)20(16)31-23(35)12-4-5-34(9-12)26(37)38-3)19-14(27)8-30-25(32-19)33-21-18(29)24-39-10-17(40-24)22(21)36/h6-8,11-12,17-18,21-22,24,36H,4-5,9-10H2,1-3H3,(H,30,32,33)/t12-,17+,18+,21-,22-,24+/m1/s1. The Morgan fingerprint density at radius 2 is 2.12 bits per heavy atom. The number of aromatic nitrogens is 4. The molecule has 0 spiro atoms. The van der Waals surface area contributed by atoms with Gasteiger partial charge in [-0.2, -0.15) is 0 Å². The molecule has 214 valence electrons. The van der Waals surface area contributed by atoms with E-state index in [-0.39, 0.29) is 40.7 Å². The van der Waals surface area contributed by atoms with Crippen LogP contribution in [-0.4, -0.2) is 93.1 Å². The number of methoxy groups -OCH3 is 1. The first-order valence-corrected chi connectivity index (χ1v) is 13.5. The highest BCUT2D eigenvalue weighted by atomic mass is 35.5. The number of carbonyl (C=O) groups excluding carboxylic acids is 1. The third kappa shape index (κ3) is 4.54. The van der Waals surface area contributed by atoms with Crippen molar-refractivity contribution in [2.75, 3.05) is 32.1 Å². The lowest BCUT2D eigenvalue weighted by Crippen LogP contribution is -2.55. The van der Waals surface area contributed by atoms with Crippen molar-refractivity contribution in [2.45, 2.75) is 62.9 Å². The highest BCUT2D eigenvalue weighted by Gasteiger charge is 2.51. The Balaban J connectivity index is 1.35. The summed E-state index contributed by atoms with van der Waals surface area (Å²) in [6.45, 7) is 4.98. The van der Waals surface area contributed by atoms with Gasteiger partial charge in [-0.15, -0.1) is 0 Å². The first-order valence-electron chi connectivity index (χ1n) is 13.1. The number of likely N-dealkylation sites (tertiary alicyclic amines) is 1. The second-order valence-electron chi connectivity index (χ2n) is 10.5. The monoisotopic (exact) mass is 578 g/mol. The minimum atomic E-state index is -1.66. The molecule has 2 aromatic heterocycles. The van der Waals surface area contributed by atoms with Gasteiger partial charge in [-0.1, -0.05) is 11.6 Å². The zero-order chi connectivity index (χ0) is 28.3. The van der Waals surface area contributed by atoms with E-state index in [0.29, 0.717) is 36.4 Å². The van der Waals surface area contributed by atoms with Gasteiger partial charge in [-0.25, -0.2) is 28.5 Å². The molecule has 11 nitrogen and oxygen atoms in total. The van der Waals surface area contributed by atoms with Gasteiger partial charge in [0.2, 0.25) is 5.95 Å². The molecule has 3 aromatic rings. The largest absolute Gasteiger partial charge is 0.453 e. The Labute approximate surface area is 233 Å². The second-order valence-corrected chi connectivity index (χ2v) is 10.9. The first kappa shape index (κ1) is 27.1. The summed E-state index contributed by atoms with van der Waals surface area (Å²) in [4.78, 5) is 26.9. The summed E-state index contributed by atoms with van der Waals surface area (Å²) in [5.41, 5.74) is 1.36. The van der Waals surface area contributed by atoms with Crippen LogP contribution in [-0.2, 0) is 14.2 Å². The van der Waals surface area contributed by atoms with E-state index < -0.39 is 42.6 Å². The van der Waals surface area contributed by atoms with Crippen LogP contribution in [0.25, 0.3) is 22.3 Å². The van der Waals surface area contributed by atoms with Crippen molar-refractivity contribution in [1.29, 1.82) is 0 Å². The van der Waals surface area contributed by atoms with Crippen LogP contribution in [0.15, 0.2) is 18.3 Å². The zero-order valence-electron chi connectivity index (χ0n) is 22.1. The van der Waals surface area contributed by atoms with Gasteiger partial charge in [0.05, 0.1) is 42.2 Å².